The lowest BCUT2D eigenvalue weighted by Crippen LogP contribution is -2.16. The lowest BCUT2D eigenvalue weighted by Gasteiger charge is -2.21. The van der Waals surface area contributed by atoms with Gasteiger partial charge in [0.25, 0.3) is 0 Å². The number of nitrogens with one attached hydrogen (secondary N) is 1. The molecule has 0 radical (unpaired) electrons. The van der Waals surface area contributed by atoms with E-state index in [0.717, 1.165) is 17.0 Å². The summed E-state index contributed by atoms with van der Waals surface area (Å²) in [5.74, 6) is 0.814. The van der Waals surface area contributed by atoms with Gasteiger partial charge in [-0.25, -0.2) is 0 Å². The van der Waals surface area contributed by atoms with E-state index in [1.54, 1.807) is 0 Å². The Morgan fingerprint density at radius 3 is 2.45 bits per heavy atom. The van der Waals surface area contributed by atoms with Crippen molar-refractivity contribution in [2.24, 2.45) is 0 Å². The zero-order chi connectivity index (χ0) is 14.4. The quantitative estimate of drug-likeness (QED) is 0.844. The van der Waals surface area contributed by atoms with E-state index in [-0.39, 0.29) is 12.6 Å². The van der Waals surface area contributed by atoms with E-state index >= 15 is 0 Å². The van der Waals surface area contributed by atoms with Crippen molar-refractivity contribution < 1.29 is 9.84 Å². The topological polar surface area (TPSA) is 41.5 Å². The number of para-hydroxylation sites is 1. The molecule has 0 heterocycles. The Hall–Kier alpha value is -2.00. The van der Waals surface area contributed by atoms with Crippen LogP contribution in [0.15, 0.2) is 48.5 Å². The first-order valence-corrected chi connectivity index (χ1v) is 6.90. The Balaban J connectivity index is 2.21. The second-order valence-electron chi connectivity index (χ2n) is 4.72. The van der Waals surface area contributed by atoms with Gasteiger partial charge in [0.1, 0.15) is 5.75 Å². The third-order valence-electron chi connectivity index (χ3n) is 3.17. The van der Waals surface area contributed by atoms with Crippen LogP contribution in [0, 0.1) is 6.92 Å². The molecule has 2 aromatic rings. The van der Waals surface area contributed by atoms with Crippen molar-refractivity contribution in [2.75, 3.05) is 18.5 Å². The molecule has 3 heteroatoms. The number of anilines is 1. The van der Waals surface area contributed by atoms with Crippen molar-refractivity contribution >= 4 is 5.69 Å². The van der Waals surface area contributed by atoms with Gasteiger partial charge in [-0.2, -0.15) is 0 Å². The maximum Gasteiger partial charge on any atom is 0.124 e. The first-order valence-electron chi connectivity index (χ1n) is 6.90. The number of ether oxygens (including phenoxy) is 1. The van der Waals surface area contributed by atoms with Crippen LogP contribution in [0.5, 0.6) is 5.75 Å². The first-order chi connectivity index (χ1) is 9.74. The number of aliphatic hydroxyl groups is 1. The zero-order valence-corrected chi connectivity index (χ0v) is 12.0. The molecule has 3 nitrogen and oxygen atoms in total. The van der Waals surface area contributed by atoms with Crippen molar-refractivity contribution in [2.45, 2.75) is 19.9 Å². The summed E-state index contributed by atoms with van der Waals surface area (Å²) in [7, 11) is 0. The summed E-state index contributed by atoms with van der Waals surface area (Å²) in [4.78, 5) is 0. The maximum absolute atomic E-state index is 9.67. The van der Waals surface area contributed by atoms with E-state index in [1.807, 2.05) is 55.5 Å². The molecule has 20 heavy (non-hydrogen) atoms. The van der Waals surface area contributed by atoms with E-state index in [4.69, 9.17) is 4.74 Å². The lowest BCUT2D eigenvalue weighted by atomic mass is 10.1. The highest BCUT2D eigenvalue weighted by Crippen LogP contribution is 2.27. The number of aryl methyl sites for hydroxylation is 1. The normalized spacial score (nSPS) is 11.9. The molecule has 2 N–H and O–H groups in total. The monoisotopic (exact) mass is 271 g/mol. The first kappa shape index (κ1) is 14.4. The summed E-state index contributed by atoms with van der Waals surface area (Å²) in [5.41, 5.74) is 3.17. The third-order valence-corrected chi connectivity index (χ3v) is 3.17. The lowest BCUT2D eigenvalue weighted by molar-refractivity contribution is 0.270. The molecular weight excluding hydrogens is 250 g/mol. The van der Waals surface area contributed by atoms with Crippen LogP contribution in [-0.4, -0.2) is 18.3 Å². The third kappa shape index (κ3) is 3.52. The van der Waals surface area contributed by atoms with Crippen molar-refractivity contribution in [1.29, 1.82) is 0 Å². The summed E-state index contributed by atoms with van der Waals surface area (Å²) >= 11 is 0. The molecule has 2 rings (SSSR count). The number of hydrogen-bond donors (Lipinski definition) is 2. The highest BCUT2D eigenvalue weighted by Gasteiger charge is 2.14. The Kier molecular flexibility index (Phi) is 5.02. The largest absolute Gasteiger partial charge is 0.494 e. The van der Waals surface area contributed by atoms with Gasteiger partial charge in [0.05, 0.1) is 19.3 Å². The van der Waals surface area contributed by atoms with Crippen LogP contribution < -0.4 is 10.1 Å². The van der Waals surface area contributed by atoms with E-state index < -0.39 is 0 Å². The average Bonchev–Trinajstić information content (AvgIpc) is 2.48. The van der Waals surface area contributed by atoms with Gasteiger partial charge in [0, 0.05) is 11.3 Å². The highest BCUT2D eigenvalue weighted by atomic mass is 16.5. The molecule has 0 aliphatic carbocycles. The predicted octanol–water partition coefficient (Wildman–Crippen LogP) is 3.54. The zero-order valence-electron chi connectivity index (χ0n) is 12.0. The van der Waals surface area contributed by atoms with E-state index in [0.29, 0.717) is 6.61 Å². The fourth-order valence-corrected chi connectivity index (χ4v) is 2.13. The molecule has 0 aromatic heterocycles. The number of rotatable bonds is 6. The molecule has 0 fully saturated rings. The van der Waals surface area contributed by atoms with E-state index in [9.17, 15) is 5.11 Å². The smallest absolute Gasteiger partial charge is 0.124 e. The van der Waals surface area contributed by atoms with E-state index in [1.165, 1.54) is 5.56 Å². The minimum atomic E-state index is -0.180. The Labute approximate surface area is 120 Å². The summed E-state index contributed by atoms with van der Waals surface area (Å²) < 4.78 is 5.63. The molecule has 0 aliphatic rings. The van der Waals surface area contributed by atoms with Crippen LogP contribution in [0.2, 0.25) is 0 Å². The summed E-state index contributed by atoms with van der Waals surface area (Å²) in [6.45, 7) is 4.63. The van der Waals surface area contributed by atoms with Crippen molar-refractivity contribution in [1.82, 2.24) is 0 Å². The number of hydrogen-bond acceptors (Lipinski definition) is 3. The second kappa shape index (κ2) is 6.96. The average molecular weight is 271 g/mol. The van der Waals surface area contributed by atoms with Gasteiger partial charge in [-0.1, -0.05) is 35.9 Å². The van der Waals surface area contributed by atoms with Crippen molar-refractivity contribution in [3.63, 3.8) is 0 Å². The fourth-order valence-electron chi connectivity index (χ4n) is 2.13. The van der Waals surface area contributed by atoms with Gasteiger partial charge in [-0.15, -0.1) is 0 Å². The second-order valence-corrected chi connectivity index (χ2v) is 4.72. The van der Waals surface area contributed by atoms with Crippen LogP contribution in [0.4, 0.5) is 5.69 Å². The maximum atomic E-state index is 9.67. The van der Waals surface area contributed by atoms with Gasteiger partial charge >= 0.3 is 0 Å². The molecule has 0 saturated heterocycles. The van der Waals surface area contributed by atoms with Gasteiger partial charge in [0.2, 0.25) is 0 Å². The number of benzene rings is 2. The summed E-state index contributed by atoms with van der Waals surface area (Å²) in [6.07, 6.45) is 0. The molecule has 0 bridgehead atoms. The van der Waals surface area contributed by atoms with E-state index in [2.05, 4.69) is 12.2 Å². The summed E-state index contributed by atoms with van der Waals surface area (Å²) in [5, 5.41) is 13.0. The Morgan fingerprint density at radius 1 is 1.10 bits per heavy atom. The van der Waals surface area contributed by atoms with Crippen LogP contribution in [0.1, 0.15) is 24.1 Å². The van der Waals surface area contributed by atoms with Gasteiger partial charge in [-0.05, 0) is 32.0 Å². The molecule has 0 amide bonds. The Morgan fingerprint density at radius 2 is 1.80 bits per heavy atom. The fraction of sp³-hybridized carbons (Fsp3) is 0.294. The number of aliphatic hydroxyl groups excluding tert-OH is 1. The standard InChI is InChI=1S/C17H21NO2/c1-3-20-17-7-5-4-6-15(17)16(12-19)18-14-10-8-13(2)9-11-14/h4-11,16,18-19H,3,12H2,1-2H3. The molecule has 0 aliphatic heterocycles. The van der Waals surface area contributed by atoms with Crippen molar-refractivity contribution in [3.05, 3.63) is 59.7 Å². The van der Waals surface area contributed by atoms with Gasteiger partial charge in [0.15, 0.2) is 0 Å². The SMILES string of the molecule is CCOc1ccccc1C(CO)Nc1ccc(C)cc1. The Bertz CT molecular complexity index is 537. The molecule has 106 valence electrons. The molecular formula is C17H21NO2. The molecule has 0 spiro atoms. The minimum absolute atomic E-state index is 0.0119. The predicted molar refractivity (Wildman–Crippen MR) is 82.2 cm³/mol. The van der Waals surface area contributed by atoms with Gasteiger partial charge in [-0.3, -0.25) is 0 Å². The highest BCUT2D eigenvalue weighted by molar-refractivity contribution is 5.48. The minimum Gasteiger partial charge on any atom is -0.494 e. The molecule has 1 unspecified atom stereocenters. The van der Waals surface area contributed by atoms with Crippen molar-refractivity contribution in [3.8, 4) is 5.75 Å². The van der Waals surface area contributed by atoms with Crippen LogP contribution in [0.25, 0.3) is 0 Å². The van der Waals surface area contributed by atoms with Crippen LogP contribution in [0.3, 0.4) is 0 Å². The summed E-state index contributed by atoms with van der Waals surface area (Å²) in [6, 6.07) is 15.7. The van der Waals surface area contributed by atoms with Crippen LogP contribution in [-0.2, 0) is 0 Å². The molecule has 2 aromatic carbocycles. The van der Waals surface area contributed by atoms with Gasteiger partial charge < -0.3 is 15.2 Å². The van der Waals surface area contributed by atoms with Crippen LogP contribution >= 0.6 is 0 Å². The molecule has 0 saturated carbocycles. The molecule has 1 atom stereocenters.